The monoisotopic (exact) mass is 620 g/mol. The van der Waals surface area contributed by atoms with E-state index in [1.165, 1.54) is 22.1 Å². The molecule has 3 N–H and O–H groups in total. The quantitative estimate of drug-likeness (QED) is 0.366. The number of rotatable bonds is 8. The Morgan fingerprint density at radius 2 is 2.02 bits per heavy atom. The number of thiazole rings is 1. The van der Waals surface area contributed by atoms with Crippen LogP contribution in [0, 0.1) is 0 Å². The van der Waals surface area contributed by atoms with Crippen LogP contribution in [0.5, 0.6) is 5.75 Å². The number of nitrogens with zero attached hydrogens (tertiary/aromatic N) is 4. The Hall–Kier alpha value is -3.31. The highest BCUT2D eigenvalue weighted by molar-refractivity contribution is 7.91. The molecule has 2 aromatic heterocycles. The topological polar surface area (TPSA) is 131 Å². The van der Waals surface area contributed by atoms with E-state index in [4.69, 9.17) is 5.73 Å². The van der Waals surface area contributed by atoms with Crippen molar-refractivity contribution in [3.05, 3.63) is 36.2 Å². The number of carbonyl (C=O) groups excluding carboxylic acids is 1. The number of hydrogen-bond donors (Lipinski definition) is 2. The predicted molar refractivity (Wildman–Crippen MR) is 140 cm³/mol. The molecule has 2 saturated heterocycles. The minimum atomic E-state index is -4.97. The van der Waals surface area contributed by atoms with E-state index in [0.717, 1.165) is 23.6 Å². The largest absolute Gasteiger partial charge is 0.573 e. The number of hydrogen-bond acceptors (Lipinski definition) is 9. The fourth-order valence-electron chi connectivity index (χ4n) is 4.99. The lowest BCUT2D eigenvalue weighted by molar-refractivity contribution is -0.274. The lowest BCUT2D eigenvalue weighted by atomic mass is 10.0. The molecule has 0 unspecified atom stereocenters. The summed E-state index contributed by atoms with van der Waals surface area (Å²) in [5.41, 5.74) is 5.99. The highest BCUT2D eigenvalue weighted by atomic mass is 32.2. The number of nitrogens with one attached hydrogen (secondary N) is 1. The second-order valence-corrected chi connectivity index (χ2v) is 12.9. The van der Waals surface area contributed by atoms with Crippen molar-refractivity contribution >= 4 is 49.0 Å². The van der Waals surface area contributed by atoms with Crippen molar-refractivity contribution < 1.29 is 39.9 Å². The van der Waals surface area contributed by atoms with Gasteiger partial charge in [-0.15, -0.1) is 13.2 Å². The standard InChI is InChI=1S/C24H25F5N6O4S2/c1-13(8-15-9-14-2-5-31-20(30)16(14)10-18(15)39-24(27,28)29)35-6-3-17(21(35)36)33-41(37,38)19-11-32-22(40-19)34-7-4-23(25,26)12-34/h2,5,9-11,13,17,33H,3-4,6-8,12H2,1H3,(H2,30,31)/t13-,17+/m1/s1. The predicted octanol–water partition coefficient (Wildman–Crippen LogP) is 3.53. The van der Waals surface area contributed by atoms with Crippen molar-refractivity contribution in [3.63, 3.8) is 0 Å². The Kier molecular flexibility index (Phi) is 7.48. The summed E-state index contributed by atoms with van der Waals surface area (Å²) in [5.74, 6) is -3.86. The van der Waals surface area contributed by atoms with Crippen LogP contribution in [-0.4, -0.2) is 73.2 Å². The third kappa shape index (κ3) is 6.30. The highest BCUT2D eigenvalue weighted by Crippen LogP contribution is 2.36. The van der Waals surface area contributed by atoms with E-state index in [1.54, 1.807) is 13.0 Å². The molecule has 1 aromatic carbocycles. The van der Waals surface area contributed by atoms with Gasteiger partial charge in [0.25, 0.3) is 15.9 Å². The van der Waals surface area contributed by atoms with E-state index in [9.17, 15) is 35.2 Å². The number of aromatic nitrogens is 2. The number of alkyl halides is 5. The minimum Gasteiger partial charge on any atom is -0.405 e. The van der Waals surface area contributed by atoms with Crippen molar-refractivity contribution in [2.75, 3.05) is 30.3 Å². The second kappa shape index (κ2) is 10.5. The first-order chi connectivity index (χ1) is 19.1. The zero-order valence-electron chi connectivity index (χ0n) is 21.5. The van der Waals surface area contributed by atoms with E-state index in [1.807, 2.05) is 0 Å². The Balaban J connectivity index is 1.29. The Morgan fingerprint density at radius 3 is 2.71 bits per heavy atom. The van der Waals surface area contributed by atoms with Crippen LogP contribution in [0.4, 0.5) is 32.9 Å². The van der Waals surface area contributed by atoms with Crippen molar-refractivity contribution in [1.82, 2.24) is 19.6 Å². The number of nitrogen functional groups attached to an aromatic ring is 1. The first kappa shape index (κ1) is 29.2. The summed E-state index contributed by atoms with van der Waals surface area (Å²) in [5, 5.41) is 0.953. The normalized spacial score (nSPS) is 20.2. The molecule has 5 rings (SSSR count). The molecule has 4 heterocycles. The summed E-state index contributed by atoms with van der Waals surface area (Å²) in [7, 11) is -4.20. The van der Waals surface area contributed by atoms with Gasteiger partial charge in [0, 0.05) is 37.1 Å². The lowest BCUT2D eigenvalue weighted by Gasteiger charge is -2.26. The highest BCUT2D eigenvalue weighted by Gasteiger charge is 2.41. The molecular formula is C24H25F5N6O4S2. The van der Waals surface area contributed by atoms with Gasteiger partial charge in [0.1, 0.15) is 17.6 Å². The summed E-state index contributed by atoms with van der Waals surface area (Å²) in [6.45, 7) is 1.28. The van der Waals surface area contributed by atoms with Crippen LogP contribution in [-0.2, 0) is 21.2 Å². The van der Waals surface area contributed by atoms with Gasteiger partial charge in [0.2, 0.25) is 5.91 Å². The van der Waals surface area contributed by atoms with Crippen LogP contribution >= 0.6 is 11.3 Å². The molecule has 1 amide bonds. The third-order valence-electron chi connectivity index (χ3n) is 6.96. The SMILES string of the molecule is C[C@H](Cc1cc2ccnc(N)c2cc1OC(F)(F)F)N1CC[C@H](NS(=O)(=O)c2cnc(N3CCC(F)(F)C3)s2)C1=O. The number of halogens is 5. The third-order valence-corrected chi connectivity index (χ3v) is 9.95. The van der Waals surface area contributed by atoms with Crippen LogP contribution < -0.4 is 20.1 Å². The summed E-state index contributed by atoms with van der Waals surface area (Å²) in [6, 6.07) is 2.50. The molecule has 2 fully saturated rings. The van der Waals surface area contributed by atoms with Gasteiger partial charge in [-0.2, -0.15) is 4.72 Å². The number of pyridine rings is 1. The number of ether oxygens (including phenoxy) is 1. The average molecular weight is 621 g/mol. The number of nitrogens with two attached hydrogens (primary N) is 1. The van der Waals surface area contributed by atoms with E-state index in [2.05, 4.69) is 19.4 Å². The fourth-order valence-corrected chi connectivity index (χ4v) is 7.38. The molecule has 222 valence electrons. The maximum Gasteiger partial charge on any atom is 0.573 e. The Morgan fingerprint density at radius 1 is 1.27 bits per heavy atom. The first-order valence-corrected chi connectivity index (χ1v) is 14.8. The Labute approximate surface area is 235 Å². The van der Waals surface area contributed by atoms with Crippen molar-refractivity contribution in [2.45, 2.75) is 54.8 Å². The number of carbonyl (C=O) groups is 1. The fraction of sp³-hybridized carbons (Fsp3) is 0.458. The van der Waals surface area contributed by atoms with Crippen molar-refractivity contribution in [3.8, 4) is 5.75 Å². The molecule has 0 radical (unpaired) electrons. The molecular weight excluding hydrogens is 595 g/mol. The summed E-state index contributed by atoms with van der Waals surface area (Å²) >= 11 is 0.726. The van der Waals surface area contributed by atoms with Crippen molar-refractivity contribution in [2.24, 2.45) is 0 Å². The molecule has 17 heteroatoms. The van der Waals surface area contributed by atoms with E-state index < -0.39 is 52.6 Å². The smallest absolute Gasteiger partial charge is 0.405 e. The molecule has 0 bridgehead atoms. The van der Waals surface area contributed by atoms with E-state index >= 15 is 0 Å². The van der Waals surface area contributed by atoms with Gasteiger partial charge >= 0.3 is 6.36 Å². The number of benzene rings is 1. The van der Waals surface area contributed by atoms with Gasteiger partial charge in [-0.05, 0) is 48.9 Å². The molecule has 0 saturated carbocycles. The molecule has 0 aliphatic carbocycles. The average Bonchev–Trinajstić information content (AvgIpc) is 3.58. The summed E-state index contributed by atoms with van der Waals surface area (Å²) in [6.07, 6.45) is -2.75. The first-order valence-electron chi connectivity index (χ1n) is 12.5. The second-order valence-electron chi connectivity index (χ2n) is 9.96. The summed E-state index contributed by atoms with van der Waals surface area (Å²) in [4.78, 5) is 23.7. The number of amides is 1. The number of fused-ring (bicyclic) bond motifs is 1. The van der Waals surface area contributed by atoms with Gasteiger partial charge in [-0.25, -0.2) is 27.2 Å². The van der Waals surface area contributed by atoms with Crippen LogP contribution in [0.3, 0.4) is 0 Å². The van der Waals surface area contributed by atoms with Gasteiger partial charge in [-0.1, -0.05) is 11.3 Å². The number of sulfonamides is 1. The molecule has 10 nitrogen and oxygen atoms in total. The molecule has 0 spiro atoms. The van der Waals surface area contributed by atoms with Gasteiger partial charge in [0.05, 0.1) is 12.7 Å². The summed E-state index contributed by atoms with van der Waals surface area (Å²) < 4.78 is 98.9. The van der Waals surface area contributed by atoms with Crippen LogP contribution in [0.2, 0.25) is 0 Å². The Bertz CT molecular complexity index is 1580. The molecule has 2 aliphatic rings. The van der Waals surface area contributed by atoms with Gasteiger partial charge in [0.15, 0.2) is 9.34 Å². The number of likely N-dealkylation sites (tertiary alicyclic amines) is 1. The van der Waals surface area contributed by atoms with Gasteiger partial charge in [-0.3, -0.25) is 4.79 Å². The zero-order valence-corrected chi connectivity index (χ0v) is 23.1. The maximum atomic E-state index is 13.6. The van der Waals surface area contributed by atoms with Crippen LogP contribution in [0.1, 0.15) is 25.3 Å². The number of anilines is 2. The molecule has 41 heavy (non-hydrogen) atoms. The van der Waals surface area contributed by atoms with Crippen molar-refractivity contribution in [1.29, 1.82) is 0 Å². The van der Waals surface area contributed by atoms with Crippen LogP contribution in [0.15, 0.2) is 34.8 Å². The van der Waals surface area contributed by atoms with E-state index in [-0.39, 0.29) is 58.5 Å². The molecule has 2 atom stereocenters. The lowest BCUT2D eigenvalue weighted by Crippen LogP contribution is -2.44. The molecule has 2 aliphatic heterocycles. The van der Waals surface area contributed by atoms with E-state index in [0.29, 0.717) is 5.39 Å². The minimum absolute atomic E-state index is 0.0204. The van der Waals surface area contributed by atoms with Crippen LogP contribution in [0.25, 0.3) is 10.8 Å². The molecule has 3 aromatic rings. The van der Waals surface area contributed by atoms with Gasteiger partial charge < -0.3 is 20.3 Å². The maximum absolute atomic E-state index is 13.6. The zero-order chi connectivity index (χ0) is 29.7.